The molecule has 0 unspecified atom stereocenters. The Morgan fingerprint density at radius 2 is 2.06 bits per heavy atom. The summed E-state index contributed by atoms with van der Waals surface area (Å²) in [6.07, 6.45) is 1.25. The maximum atomic E-state index is 10.6. The zero-order valence-electron chi connectivity index (χ0n) is 8.92. The zero-order chi connectivity index (χ0) is 12.3. The van der Waals surface area contributed by atoms with Crippen LogP contribution in [0.15, 0.2) is 45.9 Å². The Labute approximate surface area is 102 Å². The molecule has 0 amide bonds. The van der Waals surface area contributed by atoms with E-state index in [1.807, 2.05) is 24.3 Å². The number of hydrogen-bond donors (Lipinski definition) is 2. The van der Waals surface area contributed by atoms with Gasteiger partial charge in [-0.15, -0.1) is 11.8 Å². The van der Waals surface area contributed by atoms with E-state index < -0.39 is 5.97 Å². The fourth-order valence-corrected chi connectivity index (χ4v) is 2.08. The lowest BCUT2D eigenvalue weighted by Crippen LogP contribution is -1.91. The summed E-state index contributed by atoms with van der Waals surface area (Å²) in [5.74, 6) is 0.263. The Hall–Kier alpha value is -1.88. The summed E-state index contributed by atoms with van der Waals surface area (Å²) in [7, 11) is 0. The third-order valence-corrected chi connectivity index (χ3v) is 3.20. The Balaban J connectivity index is 1.97. The van der Waals surface area contributed by atoms with Gasteiger partial charge < -0.3 is 15.3 Å². The van der Waals surface area contributed by atoms with Crippen molar-refractivity contribution in [2.75, 3.05) is 5.73 Å². The molecule has 0 fully saturated rings. The van der Waals surface area contributed by atoms with E-state index in [-0.39, 0.29) is 5.56 Å². The van der Waals surface area contributed by atoms with Crippen LogP contribution in [0.3, 0.4) is 0 Å². The summed E-state index contributed by atoms with van der Waals surface area (Å²) < 4.78 is 5.15. The van der Waals surface area contributed by atoms with Crippen LogP contribution in [-0.2, 0) is 5.75 Å². The number of benzene rings is 1. The first-order valence-corrected chi connectivity index (χ1v) is 5.93. The van der Waals surface area contributed by atoms with Crippen LogP contribution < -0.4 is 5.73 Å². The number of furan rings is 1. The van der Waals surface area contributed by atoms with Gasteiger partial charge in [0.2, 0.25) is 0 Å². The van der Waals surface area contributed by atoms with Gasteiger partial charge in [-0.05, 0) is 30.3 Å². The van der Waals surface area contributed by atoms with Gasteiger partial charge in [-0.25, -0.2) is 4.79 Å². The van der Waals surface area contributed by atoms with Crippen molar-refractivity contribution in [2.45, 2.75) is 10.6 Å². The predicted octanol–water partition coefficient (Wildman–Crippen LogP) is 2.85. The predicted molar refractivity (Wildman–Crippen MR) is 66.1 cm³/mol. The van der Waals surface area contributed by atoms with Gasteiger partial charge in [0.05, 0.1) is 11.3 Å². The van der Waals surface area contributed by atoms with Crippen molar-refractivity contribution in [3.8, 4) is 0 Å². The average Bonchev–Trinajstić information content (AvgIpc) is 2.77. The molecule has 5 heteroatoms. The molecule has 0 aliphatic heterocycles. The molecule has 1 aromatic carbocycles. The Morgan fingerprint density at radius 3 is 2.65 bits per heavy atom. The lowest BCUT2D eigenvalue weighted by Gasteiger charge is -1.99. The first kappa shape index (κ1) is 11.6. The van der Waals surface area contributed by atoms with E-state index in [2.05, 4.69) is 0 Å². The number of nitrogen functional groups attached to an aromatic ring is 1. The van der Waals surface area contributed by atoms with Gasteiger partial charge in [0.25, 0.3) is 0 Å². The smallest absolute Gasteiger partial charge is 0.338 e. The highest BCUT2D eigenvalue weighted by Gasteiger charge is 2.08. The number of carbonyl (C=O) groups is 1. The normalized spacial score (nSPS) is 10.4. The number of anilines is 1. The number of carboxylic acids is 1. The lowest BCUT2D eigenvalue weighted by molar-refractivity contribution is 0.0696. The van der Waals surface area contributed by atoms with E-state index in [1.165, 1.54) is 12.3 Å². The summed E-state index contributed by atoms with van der Waals surface area (Å²) >= 11 is 1.57. The monoisotopic (exact) mass is 249 g/mol. The van der Waals surface area contributed by atoms with Crippen molar-refractivity contribution in [1.82, 2.24) is 0 Å². The second-order valence-electron chi connectivity index (χ2n) is 3.46. The van der Waals surface area contributed by atoms with Gasteiger partial charge in [-0.2, -0.15) is 0 Å². The van der Waals surface area contributed by atoms with Crippen LogP contribution in [0, 0.1) is 0 Å². The van der Waals surface area contributed by atoms with Crippen LogP contribution in [0.2, 0.25) is 0 Å². The van der Waals surface area contributed by atoms with Gasteiger partial charge in [-0.1, -0.05) is 0 Å². The molecule has 0 saturated carbocycles. The molecule has 0 saturated heterocycles. The molecule has 88 valence electrons. The summed E-state index contributed by atoms with van der Waals surface area (Å²) in [6.45, 7) is 0. The first-order valence-electron chi connectivity index (χ1n) is 4.94. The van der Waals surface area contributed by atoms with Crippen LogP contribution in [0.1, 0.15) is 16.1 Å². The number of rotatable bonds is 4. The summed E-state index contributed by atoms with van der Waals surface area (Å²) in [5.41, 5.74) is 6.48. The van der Waals surface area contributed by atoms with Crippen molar-refractivity contribution in [3.05, 3.63) is 47.9 Å². The van der Waals surface area contributed by atoms with Crippen LogP contribution in [0.5, 0.6) is 0 Å². The van der Waals surface area contributed by atoms with E-state index in [1.54, 1.807) is 11.8 Å². The molecule has 0 radical (unpaired) electrons. The van der Waals surface area contributed by atoms with Gasteiger partial charge in [0.1, 0.15) is 12.0 Å². The highest BCUT2D eigenvalue weighted by molar-refractivity contribution is 7.98. The molecule has 0 bridgehead atoms. The van der Waals surface area contributed by atoms with Gasteiger partial charge in [-0.3, -0.25) is 0 Å². The van der Waals surface area contributed by atoms with Crippen molar-refractivity contribution in [2.24, 2.45) is 0 Å². The minimum Gasteiger partial charge on any atom is -0.478 e. The molecule has 2 rings (SSSR count). The first-order chi connectivity index (χ1) is 8.15. The van der Waals surface area contributed by atoms with Crippen molar-refractivity contribution in [1.29, 1.82) is 0 Å². The molecular formula is C12H11NO3S. The van der Waals surface area contributed by atoms with Gasteiger partial charge in [0.15, 0.2) is 0 Å². The summed E-state index contributed by atoms with van der Waals surface area (Å²) in [6, 6.07) is 9.02. The molecule has 0 aliphatic rings. The minimum atomic E-state index is -0.975. The maximum absolute atomic E-state index is 10.6. The molecule has 4 nitrogen and oxygen atoms in total. The van der Waals surface area contributed by atoms with Crippen LogP contribution in [0.25, 0.3) is 0 Å². The topological polar surface area (TPSA) is 76.5 Å². The number of carboxylic acid groups (broad SMARTS) is 1. The number of aromatic carboxylic acids is 1. The second-order valence-corrected chi connectivity index (χ2v) is 4.51. The largest absolute Gasteiger partial charge is 0.478 e. The highest BCUT2D eigenvalue weighted by atomic mass is 32.2. The number of hydrogen-bond acceptors (Lipinski definition) is 4. The van der Waals surface area contributed by atoms with E-state index in [4.69, 9.17) is 15.3 Å². The third-order valence-electron chi connectivity index (χ3n) is 2.16. The molecule has 0 atom stereocenters. The van der Waals surface area contributed by atoms with Crippen molar-refractivity contribution in [3.63, 3.8) is 0 Å². The highest BCUT2D eigenvalue weighted by Crippen LogP contribution is 2.24. The third kappa shape index (κ3) is 3.04. The Morgan fingerprint density at radius 1 is 1.35 bits per heavy atom. The summed E-state index contributed by atoms with van der Waals surface area (Å²) in [5, 5.41) is 8.73. The SMILES string of the molecule is Nc1ccc(SCc2cc(C(=O)O)co2)cc1. The Bertz CT molecular complexity index is 519. The summed E-state index contributed by atoms with van der Waals surface area (Å²) in [4.78, 5) is 11.7. The molecule has 0 aliphatic carbocycles. The minimum absolute atomic E-state index is 0.179. The maximum Gasteiger partial charge on any atom is 0.338 e. The van der Waals surface area contributed by atoms with Gasteiger partial charge >= 0.3 is 5.97 Å². The fraction of sp³-hybridized carbons (Fsp3) is 0.0833. The average molecular weight is 249 g/mol. The van der Waals surface area contributed by atoms with E-state index in [0.29, 0.717) is 11.5 Å². The molecule has 1 aromatic heterocycles. The van der Waals surface area contributed by atoms with E-state index >= 15 is 0 Å². The zero-order valence-corrected chi connectivity index (χ0v) is 9.74. The van der Waals surface area contributed by atoms with E-state index in [0.717, 1.165) is 10.6 Å². The van der Waals surface area contributed by atoms with Crippen LogP contribution in [-0.4, -0.2) is 11.1 Å². The second kappa shape index (κ2) is 4.97. The molecule has 2 aromatic rings. The van der Waals surface area contributed by atoms with E-state index in [9.17, 15) is 4.79 Å². The Kier molecular flexibility index (Phi) is 3.39. The number of thioether (sulfide) groups is 1. The van der Waals surface area contributed by atoms with Crippen molar-refractivity contribution >= 4 is 23.4 Å². The van der Waals surface area contributed by atoms with Crippen LogP contribution in [0.4, 0.5) is 5.69 Å². The molecule has 0 spiro atoms. The van der Waals surface area contributed by atoms with Gasteiger partial charge in [0, 0.05) is 10.6 Å². The quantitative estimate of drug-likeness (QED) is 0.643. The molecule has 1 heterocycles. The lowest BCUT2D eigenvalue weighted by atomic mass is 10.3. The molecular weight excluding hydrogens is 238 g/mol. The molecule has 3 N–H and O–H groups in total. The fourth-order valence-electron chi connectivity index (χ4n) is 1.29. The van der Waals surface area contributed by atoms with Crippen LogP contribution >= 0.6 is 11.8 Å². The molecule has 17 heavy (non-hydrogen) atoms. The standard InChI is InChI=1S/C12H11NO3S/c13-9-1-3-11(4-2-9)17-7-10-5-8(6-16-10)12(14)15/h1-6H,7,13H2,(H,14,15). The van der Waals surface area contributed by atoms with Crippen molar-refractivity contribution < 1.29 is 14.3 Å². The number of nitrogens with two attached hydrogens (primary N) is 1.